The molecule has 0 radical (unpaired) electrons. The molecule has 0 bridgehead atoms. The summed E-state index contributed by atoms with van der Waals surface area (Å²) in [6, 6.07) is 4.39. The second kappa shape index (κ2) is 8.93. The smallest absolute Gasteiger partial charge is 0.408 e. The van der Waals surface area contributed by atoms with Crippen molar-refractivity contribution in [3.63, 3.8) is 0 Å². The van der Waals surface area contributed by atoms with Crippen molar-refractivity contribution in [3.05, 3.63) is 28.7 Å². The number of piperidine rings is 1. The van der Waals surface area contributed by atoms with Gasteiger partial charge in [0, 0.05) is 25.7 Å². The van der Waals surface area contributed by atoms with E-state index in [1.54, 1.807) is 0 Å². The third-order valence-corrected chi connectivity index (χ3v) is 7.29. The van der Waals surface area contributed by atoms with Crippen LogP contribution in [0.25, 0.3) is 11.1 Å². The molecule has 2 heterocycles. The van der Waals surface area contributed by atoms with Gasteiger partial charge in [-0.05, 0) is 42.7 Å². The van der Waals surface area contributed by atoms with Gasteiger partial charge in [0.15, 0.2) is 5.58 Å². The number of fused-ring (bicyclic) bond motifs is 1. The van der Waals surface area contributed by atoms with E-state index in [9.17, 15) is 18.0 Å². The lowest BCUT2D eigenvalue weighted by atomic mass is 9.94. The highest BCUT2D eigenvalue weighted by Gasteiger charge is 2.32. The van der Waals surface area contributed by atoms with Gasteiger partial charge in [0.25, 0.3) is 0 Å². The molecule has 166 valence electrons. The number of nitrogens with one attached hydrogen (secondary N) is 1. The van der Waals surface area contributed by atoms with E-state index in [4.69, 9.17) is 4.42 Å². The van der Waals surface area contributed by atoms with Crippen LogP contribution in [-0.4, -0.2) is 42.8 Å². The Hall–Kier alpha value is -2.13. The third kappa shape index (κ3) is 4.95. The molecular weight excluding hydrogens is 406 g/mol. The van der Waals surface area contributed by atoms with Crippen molar-refractivity contribution in [2.24, 2.45) is 17.8 Å². The van der Waals surface area contributed by atoms with Crippen LogP contribution in [0.5, 0.6) is 0 Å². The molecule has 3 rings (SSSR count). The summed E-state index contributed by atoms with van der Waals surface area (Å²) in [5.41, 5.74) is 0.563. The number of benzene rings is 1. The number of oxazole rings is 1. The minimum Gasteiger partial charge on any atom is -0.408 e. The number of carbonyl (C=O) groups is 1. The summed E-state index contributed by atoms with van der Waals surface area (Å²) in [6.07, 6.45) is 1.85. The summed E-state index contributed by atoms with van der Waals surface area (Å²) in [4.78, 5) is 24.5. The maximum absolute atomic E-state index is 13.1. The zero-order valence-electron chi connectivity index (χ0n) is 18.1. The van der Waals surface area contributed by atoms with E-state index in [-0.39, 0.29) is 22.9 Å². The van der Waals surface area contributed by atoms with Gasteiger partial charge in [-0.15, -0.1) is 0 Å². The van der Waals surface area contributed by atoms with Gasteiger partial charge in [-0.2, -0.15) is 4.31 Å². The molecule has 8 nitrogen and oxygen atoms in total. The number of carbonyl (C=O) groups excluding carboxylic acids is 1. The van der Waals surface area contributed by atoms with E-state index >= 15 is 0 Å². The van der Waals surface area contributed by atoms with Gasteiger partial charge in [-0.25, -0.2) is 13.2 Å². The van der Waals surface area contributed by atoms with Gasteiger partial charge in [-0.1, -0.05) is 27.7 Å². The molecule has 2 aromatic rings. The molecule has 1 aromatic carbocycles. The van der Waals surface area contributed by atoms with E-state index in [0.29, 0.717) is 42.9 Å². The Morgan fingerprint density at radius 3 is 2.53 bits per heavy atom. The standard InChI is InChI=1S/C21H31N3O5S/c1-14(2)7-8-22-20(25)13-24-18-6-5-17(10-19(18)29-21(24)26)30(27,28)23-11-15(3)9-16(4)12-23/h5-6,10,14-16H,7-9,11-13H2,1-4H3,(H,22,25)/t15-,16-/m1/s1. The van der Waals surface area contributed by atoms with Crippen molar-refractivity contribution < 1.29 is 17.6 Å². The van der Waals surface area contributed by atoms with Crippen molar-refractivity contribution in [2.45, 2.75) is 52.0 Å². The van der Waals surface area contributed by atoms with Crippen LogP contribution >= 0.6 is 0 Å². The highest BCUT2D eigenvalue weighted by atomic mass is 32.2. The van der Waals surface area contributed by atoms with E-state index in [1.165, 1.54) is 27.1 Å². The molecule has 1 N–H and O–H groups in total. The maximum atomic E-state index is 13.1. The largest absolute Gasteiger partial charge is 0.420 e. The first-order valence-corrected chi connectivity index (χ1v) is 11.9. The average Bonchev–Trinajstić information content (AvgIpc) is 2.95. The molecule has 0 spiro atoms. The summed E-state index contributed by atoms with van der Waals surface area (Å²) in [6.45, 7) is 9.55. The van der Waals surface area contributed by atoms with Crippen molar-refractivity contribution in [1.29, 1.82) is 0 Å². The molecule has 2 atom stereocenters. The number of amides is 1. The van der Waals surface area contributed by atoms with Crippen LogP contribution in [0, 0.1) is 17.8 Å². The second-order valence-electron chi connectivity index (χ2n) is 8.88. The Bertz CT molecular complexity index is 1060. The molecule has 1 aromatic heterocycles. The third-order valence-electron chi connectivity index (χ3n) is 5.46. The predicted octanol–water partition coefficient (Wildman–Crippen LogP) is 2.42. The average molecular weight is 438 g/mol. The van der Waals surface area contributed by atoms with Gasteiger partial charge < -0.3 is 9.73 Å². The Labute approximate surface area is 177 Å². The molecule has 1 saturated heterocycles. The monoisotopic (exact) mass is 437 g/mol. The number of rotatable bonds is 7. The lowest BCUT2D eigenvalue weighted by molar-refractivity contribution is -0.121. The minimum absolute atomic E-state index is 0.0959. The molecule has 1 aliphatic heterocycles. The number of nitrogens with zero attached hydrogens (tertiary/aromatic N) is 2. The molecule has 1 amide bonds. The maximum Gasteiger partial charge on any atom is 0.420 e. The van der Waals surface area contributed by atoms with Crippen molar-refractivity contribution in [2.75, 3.05) is 19.6 Å². The topological polar surface area (TPSA) is 102 Å². The quantitative estimate of drug-likeness (QED) is 0.717. The van der Waals surface area contributed by atoms with Gasteiger partial charge in [0.2, 0.25) is 15.9 Å². The Morgan fingerprint density at radius 1 is 1.23 bits per heavy atom. The molecule has 30 heavy (non-hydrogen) atoms. The fourth-order valence-electron chi connectivity index (χ4n) is 4.01. The Kier molecular flexibility index (Phi) is 6.71. The van der Waals surface area contributed by atoms with E-state index in [1.807, 2.05) is 13.8 Å². The summed E-state index contributed by atoms with van der Waals surface area (Å²) in [5.74, 6) is 0.0854. The van der Waals surface area contributed by atoms with E-state index < -0.39 is 15.8 Å². The normalized spacial score (nSPS) is 20.7. The zero-order valence-corrected chi connectivity index (χ0v) is 18.9. The summed E-state index contributed by atoms with van der Waals surface area (Å²) in [7, 11) is -3.68. The predicted molar refractivity (Wildman–Crippen MR) is 115 cm³/mol. The van der Waals surface area contributed by atoms with Crippen LogP contribution in [0.1, 0.15) is 40.5 Å². The molecule has 0 saturated carbocycles. The molecule has 0 unspecified atom stereocenters. The van der Waals surface area contributed by atoms with Crippen LogP contribution in [0.2, 0.25) is 0 Å². The summed E-state index contributed by atoms with van der Waals surface area (Å²) < 4.78 is 34.2. The Morgan fingerprint density at radius 2 is 1.90 bits per heavy atom. The number of sulfonamides is 1. The molecule has 1 aliphatic rings. The first-order valence-electron chi connectivity index (χ1n) is 10.5. The Balaban J connectivity index is 1.82. The molecule has 9 heteroatoms. The highest BCUT2D eigenvalue weighted by molar-refractivity contribution is 7.89. The lowest BCUT2D eigenvalue weighted by Gasteiger charge is -2.34. The molecular formula is C21H31N3O5S. The van der Waals surface area contributed by atoms with Gasteiger partial charge >= 0.3 is 5.76 Å². The number of aromatic nitrogens is 1. The van der Waals surface area contributed by atoms with E-state index in [2.05, 4.69) is 19.2 Å². The van der Waals surface area contributed by atoms with Crippen molar-refractivity contribution in [3.8, 4) is 0 Å². The highest BCUT2D eigenvalue weighted by Crippen LogP contribution is 2.28. The lowest BCUT2D eigenvalue weighted by Crippen LogP contribution is -2.42. The second-order valence-corrected chi connectivity index (χ2v) is 10.8. The zero-order chi connectivity index (χ0) is 22.1. The van der Waals surface area contributed by atoms with Crippen molar-refractivity contribution >= 4 is 27.0 Å². The van der Waals surface area contributed by atoms with Crippen LogP contribution in [0.4, 0.5) is 0 Å². The minimum atomic E-state index is -3.68. The molecule has 0 aliphatic carbocycles. The van der Waals surface area contributed by atoms with Gasteiger partial charge in [0.05, 0.1) is 10.4 Å². The first kappa shape index (κ1) is 22.6. The molecule has 1 fully saturated rings. The van der Waals surface area contributed by atoms with Gasteiger partial charge in [-0.3, -0.25) is 9.36 Å². The SMILES string of the molecule is CC(C)CCNC(=O)Cn1c(=O)oc2cc(S(=O)(=O)N3C[C@H](C)C[C@@H](C)C3)ccc21. The van der Waals surface area contributed by atoms with E-state index in [0.717, 1.165) is 12.8 Å². The first-order chi connectivity index (χ1) is 14.1. The summed E-state index contributed by atoms with van der Waals surface area (Å²) in [5, 5.41) is 2.79. The number of hydrogen-bond acceptors (Lipinski definition) is 5. The van der Waals surface area contributed by atoms with Crippen LogP contribution in [0.3, 0.4) is 0 Å². The van der Waals surface area contributed by atoms with Crippen LogP contribution < -0.4 is 11.1 Å². The van der Waals surface area contributed by atoms with Crippen molar-refractivity contribution in [1.82, 2.24) is 14.2 Å². The fraction of sp³-hybridized carbons (Fsp3) is 0.619. The van der Waals surface area contributed by atoms with Gasteiger partial charge in [0.1, 0.15) is 6.54 Å². The number of hydrogen-bond donors (Lipinski definition) is 1. The fourth-order valence-corrected chi connectivity index (χ4v) is 5.70. The van der Waals surface area contributed by atoms with Crippen LogP contribution in [-0.2, 0) is 21.4 Å². The van der Waals surface area contributed by atoms with Crippen LogP contribution in [0.15, 0.2) is 32.3 Å². The summed E-state index contributed by atoms with van der Waals surface area (Å²) >= 11 is 0.